The molecular formula is C14H22BrN. The zero-order valence-corrected chi connectivity index (χ0v) is 12.1. The van der Waals surface area contributed by atoms with Crippen LogP contribution in [0, 0.1) is 6.92 Å². The van der Waals surface area contributed by atoms with Gasteiger partial charge in [0, 0.05) is 16.2 Å². The Morgan fingerprint density at radius 2 is 1.81 bits per heavy atom. The molecule has 0 aromatic heterocycles. The van der Waals surface area contributed by atoms with Crippen molar-refractivity contribution in [2.45, 2.75) is 52.5 Å². The molecule has 90 valence electrons. The number of halogens is 1. The van der Waals surface area contributed by atoms with Gasteiger partial charge in [0.2, 0.25) is 0 Å². The van der Waals surface area contributed by atoms with Gasteiger partial charge >= 0.3 is 0 Å². The number of nitrogens with one attached hydrogen (secondary N) is 1. The maximum Gasteiger partial charge on any atom is 0.0489 e. The summed E-state index contributed by atoms with van der Waals surface area (Å²) in [6.07, 6.45) is 4.96. The molecule has 16 heavy (non-hydrogen) atoms. The van der Waals surface area contributed by atoms with Crippen LogP contribution >= 0.6 is 15.9 Å². The van der Waals surface area contributed by atoms with E-state index in [1.165, 1.54) is 36.9 Å². The van der Waals surface area contributed by atoms with Gasteiger partial charge in [-0.3, -0.25) is 0 Å². The number of hydrogen-bond acceptors (Lipinski definition) is 1. The molecule has 0 spiro atoms. The molecular weight excluding hydrogens is 262 g/mol. The fraction of sp³-hybridized carbons (Fsp3) is 0.571. The number of anilines is 1. The third-order valence-corrected chi connectivity index (χ3v) is 3.45. The summed E-state index contributed by atoms with van der Waals surface area (Å²) >= 11 is 3.60. The topological polar surface area (TPSA) is 12.0 Å². The monoisotopic (exact) mass is 283 g/mol. The predicted molar refractivity (Wildman–Crippen MR) is 76.1 cm³/mol. The van der Waals surface area contributed by atoms with E-state index in [9.17, 15) is 0 Å². The average Bonchev–Trinajstić information content (AvgIpc) is 2.24. The van der Waals surface area contributed by atoms with Crippen molar-refractivity contribution in [3.8, 4) is 0 Å². The molecule has 0 amide bonds. The molecule has 2 heteroatoms. The summed E-state index contributed by atoms with van der Waals surface area (Å²) in [5, 5.41) is 3.64. The van der Waals surface area contributed by atoms with Crippen LogP contribution in [0.3, 0.4) is 0 Å². The number of benzene rings is 1. The Kier molecular flexibility index (Phi) is 5.89. The Morgan fingerprint density at radius 3 is 2.38 bits per heavy atom. The summed E-state index contributed by atoms with van der Waals surface area (Å²) in [4.78, 5) is 0. The van der Waals surface area contributed by atoms with E-state index < -0.39 is 0 Å². The molecule has 0 radical (unpaired) electrons. The van der Waals surface area contributed by atoms with Gasteiger partial charge in [-0.1, -0.05) is 32.8 Å². The summed E-state index contributed by atoms with van der Waals surface area (Å²) in [5.74, 6) is 0. The average molecular weight is 284 g/mol. The van der Waals surface area contributed by atoms with Gasteiger partial charge in [0.1, 0.15) is 0 Å². The van der Waals surface area contributed by atoms with Crippen LogP contribution in [0.25, 0.3) is 0 Å². The van der Waals surface area contributed by atoms with Crippen LogP contribution in [0.4, 0.5) is 5.69 Å². The second kappa shape index (κ2) is 6.95. The Morgan fingerprint density at radius 1 is 1.19 bits per heavy atom. The van der Waals surface area contributed by atoms with E-state index in [4.69, 9.17) is 0 Å². The summed E-state index contributed by atoms with van der Waals surface area (Å²) in [6.45, 7) is 6.62. The van der Waals surface area contributed by atoms with Crippen molar-refractivity contribution in [1.29, 1.82) is 0 Å². The lowest BCUT2D eigenvalue weighted by Gasteiger charge is -2.20. The van der Waals surface area contributed by atoms with Crippen LogP contribution in [0.2, 0.25) is 0 Å². The highest BCUT2D eigenvalue weighted by atomic mass is 79.9. The van der Waals surface area contributed by atoms with Crippen molar-refractivity contribution in [3.05, 3.63) is 28.2 Å². The Balaban J connectivity index is 2.71. The van der Waals surface area contributed by atoms with Gasteiger partial charge < -0.3 is 5.32 Å². The molecule has 0 aliphatic carbocycles. The second-order valence-electron chi connectivity index (χ2n) is 4.40. The molecule has 0 atom stereocenters. The molecule has 0 aliphatic heterocycles. The molecule has 0 fully saturated rings. The minimum atomic E-state index is 0.605. The van der Waals surface area contributed by atoms with Gasteiger partial charge in [-0.05, 0) is 53.4 Å². The van der Waals surface area contributed by atoms with Crippen LogP contribution in [-0.2, 0) is 0 Å². The Hall–Kier alpha value is -0.500. The van der Waals surface area contributed by atoms with Crippen molar-refractivity contribution in [2.75, 3.05) is 5.32 Å². The quantitative estimate of drug-likeness (QED) is 0.762. The molecule has 1 aromatic carbocycles. The molecule has 1 rings (SSSR count). The van der Waals surface area contributed by atoms with E-state index in [2.05, 4.69) is 60.2 Å². The van der Waals surface area contributed by atoms with E-state index in [0.29, 0.717) is 6.04 Å². The van der Waals surface area contributed by atoms with Crippen molar-refractivity contribution < 1.29 is 0 Å². The number of rotatable bonds is 6. The molecule has 0 saturated heterocycles. The maximum atomic E-state index is 3.64. The molecule has 0 saturated carbocycles. The predicted octanol–water partition coefficient (Wildman–Crippen LogP) is 5.14. The molecule has 0 heterocycles. The van der Waals surface area contributed by atoms with Crippen molar-refractivity contribution in [1.82, 2.24) is 0 Å². The van der Waals surface area contributed by atoms with E-state index in [0.717, 1.165) is 4.47 Å². The van der Waals surface area contributed by atoms with Gasteiger partial charge in [-0.15, -0.1) is 0 Å². The van der Waals surface area contributed by atoms with Gasteiger partial charge in [0.05, 0.1) is 0 Å². The molecule has 1 nitrogen and oxygen atoms in total. The summed E-state index contributed by atoms with van der Waals surface area (Å²) in [7, 11) is 0. The smallest absolute Gasteiger partial charge is 0.0489 e. The number of aryl methyl sites for hydroxylation is 1. The highest BCUT2D eigenvalue weighted by molar-refractivity contribution is 9.10. The van der Waals surface area contributed by atoms with E-state index in [1.807, 2.05) is 0 Å². The SMILES string of the molecule is CCCC(CCC)Nc1cc(C)ccc1Br. The third-order valence-electron chi connectivity index (χ3n) is 2.76. The minimum absolute atomic E-state index is 0.605. The maximum absolute atomic E-state index is 3.64. The van der Waals surface area contributed by atoms with Gasteiger partial charge in [0.15, 0.2) is 0 Å². The summed E-state index contributed by atoms with van der Waals surface area (Å²) in [5.41, 5.74) is 2.53. The van der Waals surface area contributed by atoms with Crippen LogP contribution in [0.5, 0.6) is 0 Å². The molecule has 0 unspecified atom stereocenters. The lowest BCUT2D eigenvalue weighted by molar-refractivity contribution is 0.586. The fourth-order valence-corrected chi connectivity index (χ4v) is 2.32. The molecule has 0 aliphatic rings. The number of hydrogen-bond donors (Lipinski definition) is 1. The van der Waals surface area contributed by atoms with Crippen LogP contribution in [0.15, 0.2) is 22.7 Å². The summed E-state index contributed by atoms with van der Waals surface area (Å²) in [6, 6.07) is 7.06. The van der Waals surface area contributed by atoms with E-state index in [-0.39, 0.29) is 0 Å². The first kappa shape index (κ1) is 13.6. The fourth-order valence-electron chi connectivity index (χ4n) is 1.96. The van der Waals surface area contributed by atoms with Crippen LogP contribution in [-0.4, -0.2) is 6.04 Å². The molecule has 1 aromatic rings. The van der Waals surface area contributed by atoms with E-state index in [1.54, 1.807) is 0 Å². The Labute approximate surface area is 108 Å². The van der Waals surface area contributed by atoms with E-state index >= 15 is 0 Å². The second-order valence-corrected chi connectivity index (χ2v) is 5.26. The lowest BCUT2D eigenvalue weighted by Crippen LogP contribution is -2.19. The first-order valence-electron chi connectivity index (χ1n) is 6.20. The molecule has 0 bridgehead atoms. The third kappa shape index (κ3) is 4.17. The molecule has 1 N–H and O–H groups in total. The van der Waals surface area contributed by atoms with Crippen molar-refractivity contribution >= 4 is 21.6 Å². The van der Waals surface area contributed by atoms with Crippen LogP contribution < -0.4 is 5.32 Å². The summed E-state index contributed by atoms with van der Waals surface area (Å²) < 4.78 is 1.16. The standard InChI is InChI=1S/C14H22BrN/c1-4-6-12(7-5-2)16-14-10-11(3)8-9-13(14)15/h8-10,12,16H,4-7H2,1-3H3. The largest absolute Gasteiger partial charge is 0.381 e. The van der Waals surface area contributed by atoms with Crippen molar-refractivity contribution in [2.24, 2.45) is 0 Å². The van der Waals surface area contributed by atoms with Gasteiger partial charge in [0.25, 0.3) is 0 Å². The van der Waals surface area contributed by atoms with Crippen molar-refractivity contribution in [3.63, 3.8) is 0 Å². The zero-order valence-electron chi connectivity index (χ0n) is 10.5. The minimum Gasteiger partial charge on any atom is -0.381 e. The van der Waals surface area contributed by atoms with Gasteiger partial charge in [-0.2, -0.15) is 0 Å². The lowest BCUT2D eigenvalue weighted by atomic mass is 10.1. The Bertz CT molecular complexity index is 317. The van der Waals surface area contributed by atoms with Gasteiger partial charge in [-0.25, -0.2) is 0 Å². The zero-order chi connectivity index (χ0) is 12.0. The highest BCUT2D eigenvalue weighted by Crippen LogP contribution is 2.25. The highest BCUT2D eigenvalue weighted by Gasteiger charge is 2.08. The normalized spacial score (nSPS) is 10.8. The first-order valence-corrected chi connectivity index (χ1v) is 6.99. The van der Waals surface area contributed by atoms with Crippen LogP contribution in [0.1, 0.15) is 45.1 Å². The first-order chi connectivity index (χ1) is 7.67.